The van der Waals surface area contributed by atoms with Gasteiger partial charge in [-0.3, -0.25) is 9.59 Å². The first kappa shape index (κ1) is 27.8. The molecule has 0 aliphatic heterocycles. The Hall–Kier alpha value is -2.20. The van der Waals surface area contributed by atoms with E-state index in [0.717, 1.165) is 29.2 Å². The molecule has 0 heterocycles. The smallest absolute Gasteiger partial charge is 0.336 e. The van der Waals surface area contributed by atoms with Gasteiger partial charge in [0.1, 0.15) is 0 Å². The van der Waals surface area contributed by atoms with Gasteiger partial charge >= 0.3 is 23.9 Å². The summed E-state index contributed by atoms with van der Waals surface area (Å²) in [5, 5.41) is 36.4. The number of hydrogen-bond donors (Lipinski definition) is 4. The number of aliphatic carboxylic acids is 2. The van der Waals surface area contributed by atoms with Gasteiger partial charge in [-0.25, -0.2) is 9.59 Å². The van der Waals surface area contributed by atoms with E-state index in [2.05, 4.69) is 0 Å². The zero-order chi connectivity index (χ0) is 23.9. The third kappa shape index (κ3) is 10.9. The summed E-state index contributed by atoms with van der Waals surface area (Å²) in [4.78, 5) is 44.5. The Balaban J connectivity index is 2.73. The van der Waals surface area contributed by atoms with E-state index in [4.69, 9.17) is 10.2 Å². The van der Waals surface area contributed by atoms with Gasteiger partial charge in [-0.05, 0) is 78.7 Å². The van der Waals surface area contributed by atoms with Crippen LogP contribution in [0.15, 0.2) is 12.1 Å². The summed E-state index contributed by atoms with van der Waals surface area (Å²) in [5.74, 6) is -1.17. The lowest BCUT2D eigenvalue weighted by Gasteiger charge is -2.15. The Morgan fingerprint density at radius 1 is 0.656 bits per heavy atom. The van der Waals surface area contributed by atoms with E-state index in [9.17, 15) is 29.4 Å². The molecule has 32 heavy (non-hydrogen) atoms. The number of rotatable bonds is 18. The molecule has 0 radical (unpaired) electrons. The van der Waals surface area contributed by atoms with E-state index in [1.165, 1.54) is 6.07 Å². The maximum Gasteiger partial charge on any atom is 0.336 e. The van der Waals surface area contributed by atoms with Crippen LogP contribution in [-0.4, -0.2) is 67.3 Å². The van der Waals surface area contributed by atoms with Gasteiger partial charge in [0.2, 0.25) is 0 Å². The van der Waals surface area contributed by atoms with Crippen LogP contribution in [0.2, 0.25) is 0 Å². The zero-order valence-electron chi connectivity index (χ0n) is 17.9. The van der Waals surface area contributed by atoms with E-state index in [-0.39, 0.29) is 24.0 Å². The van der Waals surface area contributed by atoms with Crippen molar-refractivity contribution in [1.82, 2.24) is 0 Å². The quantitative estimate of drug-likeness (QED) is 0.223. The minimum Gasteiger partial charge on any atom is -0.481 e. The van der Waals surface area contributed by atoms with E-state index < -0.39 is 23.9 Å². The monoisotopic (exact) mass is 486 g/mol. The molecule has 0 atom stereocenters. The second kappa shape index (κ2) is 15.6. The predicted octanol–water partition coefficient (Wildman–Crippen LogP) is 4.14. The van der Waals surface area contributed by atoms with Crippen LogP contribution in [0.3, 0.4) is 0 Å². The summed E-state index contributed by atoms with van der Waals surface area (Å²) < 4.78 is 0. The first-order valence-electron chi connectivity index (χ1n) is 10.4. The highest BCUT2D eigenvalue weighted by Gasteiger charge is 2.22. The Bertz CT molecular complexity index is 794. The topological polar surface area (TPSA) is 149 Å². The Kier molecular flexibility index (Phi) is 13.5. The summed E-state index contributed by atoms with van der Waals surface area (Å²) in [6.07, 6.45) is 3.94. The molecule has 8 nitrogen and oxygen atoms in total. The van der Waals surface area contributed by atoms with Crippen LogP contribution in [0, 0.1) is 0 Å². The molecule has 178 valence electrons. The first-order chi connectivity index (χ1) is 15.2. The molecule has 0 fully saturated rings. The molecule has 1 rings (SSSR count). The molecule has 0 saturated carbocycles. The zero-order valence-corrected chi connectivity index (χ0v) is 19.5. The van der Waals surface area contributed by atoms with Crippen LogP contribution >= 0.6 is 23.5 Å². The van der Waals surface area contributed by atoms with E-state index in [0.29, 0.717) is 43.4 Å². The largest absolute Gasteiger partial charge is 0.481 e. The van der Waals surface area contributed by atoms with Gasteiger partial charge in [-0.15, -0.1) is 0 Å². The molecule has 0 bridgehead atoms. The van der Waals surface area contributed by atoms with Gasteiger partial charge in [0.15, 0.2) is 0 Å². The Morgan fingerprint density at radius 2 is 1.16 bits per heavy atom. The van der Waals surface area contributed by atoms with Gasteiger partial charge in [-0.1, -0.05) is 6.07 Å². The molecule has 0 spiro atoms. The molecule has 0 amide bonds. The molecule has 0 aromatic heterocycles. The first-order valence-corrected chi connectivity index (χ1v) is 12.7. The molecule has 0 unspecified atom stereocenters. The van der Waals surface area contributed by atoms with Crippen LogP contribution in [0.25, 0.3) is 0 Å². The number of carboxylic acid groups (broad SMARTS) is 4. The van der Waals surface area contributed by atoms with Gasteiger partial charge < -0.3 is 20.4 Å². The molecule has 1 aromatic carbocycles. The van der Waals surface area contributed by atoms with E-state index in [1.807, 2.05) is 0 Å². The molecule has 0 saturated heterocycles. The van der Waals surface area contributed by atoms with Crippen molar-refractivity contribution in [1.29, 1.82) is 0 Å². The minimum absolute atomic E-state index is 0.120. The number of aromatic carboxylic acids is 2. The normalized spacial score (nSPS) is 10.8. The Labute approximate surface area is 195 Å². The van der Waals surface area contributed by atoms with Crippen molar-refractivity contribution in [2.75, 3.05) is 23.0 Å². The molecule has 0 aliphatic carbocycles. The van der Waals surface area contributed by atoms with Gasteiger partial charge in [0.25, 0.3) is 0 Å². The molecule has 10 heteroatoms. The third-order valence-corrected chi connectivity index (χ3v) is 6.97. The second-order valence-electron chi connectivity index (χ2n) is 7.16. The van der Waals surface area contributed by atoms with Gasteiger partial charge in [0, 0.05) is 12.8 Å². The average molecular weight is 487 g/mol. The van der Waals surface area contributed by atoms with Crippen molar-refractivity contribution in [3.8, 4) is 0 Å². The third-order valence-electron chi connectivity index (χ3n) is 4.66. The molecular formula is C22H30O8S2. The number of thioether (sulfide) groups is 2. The highest BCUT2D eigenvalue weighted by Crippen LogP contribution is 2.24. The lowest BCUT2D eigenvalue weighted by molar-refractivity contribution is -0.138. The van der Waals surface area contributed by atoms with E-state index in [1.54, 1.807) is 29.6 Å². The number of carboxylic acids is 4. The fourth-order valence-electron chi connectivity index (χ4n) is 3.20. The summed E-state index contributed by atoms with van der Waals surface area (Å²) in [6, 6.07) is 3.05. The maximum absolute atomic E-state index is 11.9. The van der Waals surface area contributed by atoms with Crippen LogP contribution in [-0.2, 0) is 22.4 Å². The predicted molar refractivity (Wildman–Crippen MR) is 125 cm³/mol. The van der Waals surface area contributed by atoms with Crippen LogP contribution in [0.5, 0.6) is 0 Å². The van der Waals surface area contributed by atoms with Crippen molar-refractivity contribution in [3.63, 3.8) is 0 Å². The minimum atomic E-state index is -1.27. The molecule has 1 aromatic rings. The second-order valence-corrected chi connectivity index (χ2v) is 9.61. The van der Waals surface area contributed by atoms with E-state index >= 15 is 0 Å². The number of aryl methyl sites for hydroxylation is 1. The molecule has 0 aliphatic rings. The number of hydrogen-bond acceptors (Lipinski definition) is 6. The van der Waals surface area contributed by atoms with Crippen LogP contribution in [0.4, 0.5) is 0 Å². The fraction of sp³-hybridized carbons (Fsp3) is 0.545. The average Bonchev–Trinajstić information content (AvgIpc) is 2.71. The summed E-state index contributed by atoms with van der Waals surface area (Å²) in [6.45, 7) is 0. The van der Waals surface area contributed by atoms with Crippen LogP contribution < -0.4 is 0 Å². The van der Waals surface area contributed by atoms with Crippen molar-refractivity contribution in [3.05, 3.63) is 34.4 Å². The number of carbonyl (C=O) groups is 4. The Morgan fingerprint density at radius 3 is 1.62 bits per heavy atom. The summed E-state index contributed by atoms with van der Waals surface area (Å²) in [7, 11) is 0. The maximum atomic E-state index is 11.9. The summed E-state index contributed by atoms with van der Waals surface area (Å²) in [5.41, 5.74) is 1.02. The van der Waals surface area contributed by atoms with Gasteiger partial charge in [0.05, 0.1) is 11.1 Å². The summed E-state index contributed by atoms with van der Waals surface area (Å²) >= 11 is 3.26. The standard InChI is InChI=1S/C22H30O8S2/c23-18(24)7-3-13-31-11-1-5-15-9-10-17(21(27)28)20(22(29)30)16(15)6-2-12-32-14-4-8-19(25)26/h9-10H,1-8,11-14H2,(H,23,24)(H,25,26)(H,27,28)(H,29,30). The highest BCUT2D eigenvalue weighted by atomic mass is 32.2. The lowest BCUT2D eigenvalue weighted by Crippen LogP contribution is -2.14. The fourth-order valence-corrected chi connectivity index (χ4v) is 5.01. The highest BCUT2D eigenvalue weighted by molar-refractivity contribution is 7.99. The molecular weight excluding hydrogens is 456 g/mol. The lowest BCUT2D eigenvalue weighted by atomic mass is 9.91. The SMILES string of the molecule is O=C(O)CCCSCCCc1ccc(C(=O)O)c(C(=O)O)c1CCCSCCCC(=O)O. The van der Waals surface area contributed by atoms with Crippen molar-refractivity contribution < 1.29 is 39.6 Å². The molecule has 4 N–H and O–H groups in total. The van der Waals surface area contributed by atoms with Gasteiger partial charge in [-0.2, -0.15) is 23.5 Å². The van der Waals surface area contributed by atoms with Crippen molar-refractivity contribution in [2.24, 2.45) is 0 Å². The van der Waals surface area contributed by atoms with Crippen LogP contribution in [0.1, 0.15) is 70.4 Å². The van der Waals surface area contributed by atoms with Crippen molar-refractivity contribution >= 4 is 47.4 Å². The number of benzene rings is 1. The van der Waals surface area contributed by atoms with Crippen molar-refractivity contribution in [2.45, 2.75) is 51.4 Å².